The fourth-order valence-corrected chi connectivity index (χ4v) is 4.96. The number of fused-ring (bicyclic) bond motifs is 4. The summed E-state index contributed by atoms with van der Waals surface area (Å²) in [6.45, 7) is 4.17. The van der Waals surface area contributed by atoms with Crippen LogP contribution in [0.1, 0.15) is 54.1 Å². The zero-order chi connectivity index (χ0) is 18.2. The molecule has 2 atom stereocenters. The molecule has 0 saturated carbocycles. The summed E-state index contributed by atoms with van der Waals surface area (Å²) < 4.78 is 5.99. The summed E-state index contributed by atoms with van der Waals surface area (Å²) in [6.07, 6.45) is 7.73. The highest BCUT2D eigenvalue weighted by Gasteiger charge is 2.35. The molecule has 142 valence electrons. The predicted molar refractivity (Wildman–Crippen MR) is 105 cm³/mol. The van der Waals surface area contributed by atoms with E-state index in [2.05, 4.69) is 15.2 Å². The Morgan fingerprint density at radius 1 is 1.15 bits per heavy atom. The summed E-state index contributed by atoms with van der Waals surface area (Å²) in [7, 11) is 0. The molecule has 6 rings (SSSR count). The number of amides is 1. The van der Waals surface area contributed by atoms with E-state index in [1.54, 1.807) is 0 Å². The van der Waals surface area contributed by atoms with Gasteiger partial charge in [0, 0.05) is 36.3 Å². The van der Waals surface area contributed by atoms with Crippen molar-refractivity contribution in [3.63, 3.8) is 0 Å². The van der Waals surface area contributed by atoms with Crippen LogP contribution in [0.3, 0.4) is 0 Å². The summed E-state index contributed by atoms with van der Waals surface area (Å²) in [6, 6.07) is 8.20. The van der Waals surface area contributed by atoms with Gasteiger partial charge in [0.05, 0.1) is 11.6 Å². The summed E-state index contributed by atoms with van der Waals surface area (Å²) in [4.78, 5) is 19.9. The van der Waals surface area contributed by atoms with Crippen molar-refractivity contribution in [2.24, 2.45) is 5.92 Å². The normalized spacial score (nSPS) is 30.4. The van der Waals surface area contributed by atoms with Gasteiger partial charge < -0.3 is 15.0 Å². The third kappa shape index (κ3) is 3.34. The number of benzene rings is 1. The molecule has 2 unspecified atom stereocenters. The lowest BCUT2D eigenvalue weighted by atomic mass is 9.84. The zero-order valence-corrected chi connectivity index (χ0v) is 15.7. The van der Waals surface area contributed by atoms with E-state index in [-0.39, 0.29) is 18.1 Å². The highest BCUT2D eigenvalue weighted by Crippen LogP contribution is 2.33. The highest BCUT2D eigenvalue weighted by molar-refractivity contribution is 5.98. The molecule has 5 nitrogen and oxygen atoms in total. The summed E-state index contributed by atoms with van der Waals surface area (Å²) in [5.74, 6) is 0.669. The lowest BCUT2D eigenvalue weighted by molar-refractivity contribution is 0.0158. The van der Waals surface area contributed by atoms with Crippen LogP contribution in [0.4, 0.5) is 0 Å². The number of pyridine rings is 1. The maximum Gasteiger partial charge on any atom is 0.251 e. The first-order valence-corrected chi connectivity index (χ1v) is 10.3. The second kappa shape index (κ2) is 7.21. The quantitative estimate of drug-likeness (QED) is 0.907. The largest absolute Gasteiger partial charge is 0.374 e. The average molecular weight is 365 g/mol. The van der Waals surface area contributed by atoms with Crippen LogP contribution in [-0.2, 0) is 4.74 Å². The summed E-state index contributed by atoms with van der Waals surface area (Å²) >= 11 is 0. The lowest BCUT2D eigenvalue weighted by Gasteiger charge is -2.44. The van der Waals surface area contributed by atoms with Crippen molar-refractivity contribution >= 4 is 16.8 Å². The maximum atomic E-state index is 12.9. The molecule has 1 amide bonds. The third-order valence-electron chi connectivity index (χ3n) is 6.54. The van der Waals surface area contributed by atoms with E-state index in [0.29, 0.717) is 5.92 Å². The average Bonchev–Trinajstić information content (AvgIpc) is 2.74. The first-order chi connectivity index (χ1) is 13.3. The van der Waals surface area contributed by atoms with Crippen LogP contribution in [0.5, 0.6) is 0 Å². The van der Waals surface area contributed by atoms with E-state index in [9.17, 15) is 4.79 Å². The Morgan fingerprint density at radius 3 is 2.78 bits per heavy atom. The van der Waals surface area contributed by atoms with Crippen LogP contribution < -0.4 is 5.32 Å². The molecule has 5 heteroatoms. The van der Waals surface area contributed by atoms with Crippen LogP contribution in [0.25, 0.3) is 10.9 Å². The number of carbonyl (C=O) groups excluding carboxylic acids is 1. The molecule has 0 radical (unpaired) electrons. The third-order valence-corrected chi connectivity index (χ3v) is 6.54. The van der Waals surface area contributed by atoms with Gasteiger partial charge in [0.25, 0.3) is 5.91 Å². The minimum atomic E-state index is 0.0371. The van der Waals surface area contributed by atoms with E-state index in [1.807, 2.05) is 30.5 Å². The van der Waals surface area contributed by atoms with Crippen LogP contribution in [0.2, 0.25) is 0 Å². The molecular weight excluding hydrogens is 338 g/mol. The fraction of sp³-hybridized carbons (Fsp3) is 0.545. The second-order valence-electron chi connectivity index (χ2n) is 8.21. The van der Waals surface area contributed by atoms with Crippen LogP contribution in [0, 0.1) is 5.92 Å². The number of carbonyl (C=O) groups is 1. The molecule has 27 heavy (non-hydrogen) atoms. The molecule has 1 aromatic heterocycles. The predicted octanol–water partition coefficient (Wildman–Crippen LogP) is 3.30. The number of rotatable bonds is 3. The molecule has 5 heterocycles. The number of hydrogen-bond acceptors (Lipinski definition) is 4. The van der Waals surface area contributed by atoms with Crippen molar-refractivity contribution in [2.75, 3.05) is 26.2 Å². The van der Waals surface area contributed by atoms with E-state index in [1.165, 1.54) is 32.4 Å². The molecule has 1 N–H and O–H groups in total. The van der Waals surface area contributed by atoms with Gasteiger partial charge in [0.15, 0.2) is 0 Å². The Balaban J connectivity index is 1.40. The molecule has 0 aliphatic carbocycles. The van der Waals surface area contributed by atoms with Gasteiger partial charge >= 0.3 is 0 Å². The number of nitrogens with one attached hydrogen (secondary N) is 1. The van der Waals surface area contributed by atoms with Gasteiger partial charge in [-0.15, -0.1) is 0 Å². The summed E-state index contributed by atoms with van der Waals surface area (Å²) in [5.41, 5.74) is 2.82. The van der Waals surface area contributed by atoms with Crippen LogP contribution in [-0.4, -0.2) is 48.1 Å². The van der Waals surface area contributed by atoms with E-state index >= 15 is 0 Å². The first-order valence-electron chi connectivity index (χ1n) is 10.3. The smallest absolute Gasteiger partial charge is 0.251 e. The van der Waals surface area contributed by atoms with Crippen molar-refractivity contribution < 1.29 is 9.53 Å². The van der Waals surface area contributed by atoms with Crippen molar-refractivity contribution in [3.05, 3.63) is 41.6 Å². The van der Waals surface area contributed by atoms with Crippen LogP contribution >= 0.6 is 0 Å². The Bertz CT molecular complexity index is 839. The van der Waals surface area contributed by atoms with Crippen molar-refractivity contribution in [1.29, 1.82) is 0 Å². The first kappa shape index (κ1) is 17.1. The van der Waals surface area contributed by atoms with E-state index < -0.39 is 0 Å². The maximum absolute atomic E-state index is 12.9. The van der Waals surface area contributed by atoms with Gasteiger partial charge in [-0.25, -0.2) is 0 Å². The van der Waals surface area contributed by atoms with Gasteiger partial charge in [-0.1, -0.05) is 0 Å². The minimum Gasteiger partial charge on any atom is -0.374 e. The minimum absolute atomic E-state index is 0.0371. The number of aromatic nitrogens is 1. The zero-order valence-electron chi connectivity index (χ0n) is 15.7. The molecule has 4 aliphatic rings. The van der Waals surface area contributed by atoms with Crippen molar-refractivity contribution in [2.45, 2.75) is 44.2 Å². The van der Waals surface area contributed by atoms with Gasteiger partial charge in [-0.2, -0.15) is 0 Å². The molecule has 4 saturated heterocycles. The molecule has 4 fully saturated rings. The van der Waals surface area contributed by atoms with E-state index in [0.717, 1.165) is 48.0 Å². The highest BCUT2D eigenvalue weighted by atomic mass is 16.5. The monoisotopic (exact) mass is 365 g/mol. The number of nitrogens with zero attached hydrogens (tertiary/aromatic N) is 2. The Labute approximate surface area is 160 Å². The van der Waals surface area contributed by atoms with Crippen LogP contribution in [0.15, 0.2) is 30.5 Å². The Kier molecular flexibility index (Phi) is 4.58. The van der Waals surface area contributed by atoms with Gasteiger partial charge in [-0.3, -0.25) is 9.78 Å². The molecule has 2 bridgehead atoms. The topological polar surface area (TPSA) is 54.5 Å². The summed E-state index contributed by atoms with van der Waals surface area (Å²) in [5, 5.41) is 4.35. The second-order valence-corrected chi connectivity index (χ2v) is 8.21. The number of hydrogen-bond donors (Lipinski definition) is 1. The standard InChI is InChI=1S/C22H27N3O2/c26-22(24-20-14-25-10-7-15(20)8-11-25)16-4-5-19-18(13-16)17(6-9-23-19)21-3-1-2-12-27-21/h4-6,9,13,15,20-21H,1-3,7-8,10-12,14H2,(H,24,26). The fourth-order valence-electron chi connectivity index (χ4n) is 4.96. The lowest BCUT2D eigenvalue weighted by Crippen LogP contribution is -2.57. The van der Waals surface area contributed by atoms with E-state index in [4.69, 9.17) is 4.74 Å². The molecule has 4 aliphatic heterocycles. The Morgan fingerprint density at radius 2 is 2.04 bits per heavy atom. The molecule has 0 spiro atoms. The molecule has 2 aromatic rings. The van der Waals surface area contributed by atoms with Gasteiger partial charge in [-0.05, 0) is 80.9 Å². The molecular formula is C22H27N3O2. The van der Waals surface area contributed by atoms with Crippen molar-refractivity contribution in [1.82, 2.24) is 15.2 Å². The molecule has 1 aromatic carbocycles. The number of ether oxygens (including phenoxy) is 1. The number of piperidine rings is 3. The van der Waals surface area contributed by atoms with Crippen molar-refractivity contribution in [3.8, 4) is 0 Å². The SMILES string of the molecule is O=C(NC1CN2CCC1CC2)c1ccc2nccc(C3CCCCO3)c2c1. The Hall–Kier alpha value is -1.98. The van der Waals surface area contributed by atoms with Gasteiger partial charge in [0.2, 0.25) is 0 Å². The van der Waals surface area contributed by atoms with Gasteiger partial charge in [0.1, 0.15) is 0 Å².